The van der Waals surface area contributed by atoms with Crippen molar-refractivity contribution in [3.63, 3.8) is 0 Å². The van der Waals surface area contributed by atoms with E-state index in [1.54, 1.807) is 4.90 Å². The fraction of sp³-hybridized carbons (Fsp3) is 0.412. The van der Waals surface area contributed by atoms with E-state index in [4.69, 9.17) is 0 Å². The number of piperazine rings is 1. The molecule has 248 valence electrons. The molecule has 1 saturated heterocycles. The predicted octanol–water partition coefficient (Wildman–Crippen LogP) is 4.51. The number of fused-ring (bicyclic) bond motifs is 1. The van der Waals surface area contributed by atoms with Crippen LogP contribution in [0.25, 0.3) is 10.9 Å². The molecule has 1 unspecified atom stereocenters. The lowest BCUT2D eigenvalue weighted by atomic mass is 10.1. The molecule has 3 heterocycles. The number of aromatic amines is 1. The van der Waals surface area contributed by atoms with Gasteiger partial charge in [-0.15, -0.1) is 0 Å². The summed E-state index contributed by atoms with van der Waals surface area (Å²) in [6, 6.07) is 7.74. The van der Waals surface area contributed by atoms with Gasteiger partial charge in [-0.1, -0.05) is 6.07 Å². The maximum absolute atomic E-state index is 16.1. The first kappa shape index (κ1) is 32.2. The molecule has 0 radical (unpaired) electrons. The van der Waals surface area contributed by atoms with Gasteiger partial charge in [0.2, 0.25) is 5.43 Å². The number of benzene rings is 2. The molecule has 6 rings (SSSR count). The van der Waals surface area contributed by atoms with Crippen LogP contribution in [0, 0.1) is 25.5 Å². The van der Waals surface area contributed by atoms with Crippen molar-refractivity contribution < 1.29 is 18.7 Å². The Labute approximate surface area is 269 Å². The van der Waals surface area contributed by atoms with Gasteiger partial charge < -0.3 is 19.9 Å². The average molecular weight is 649 g/mol. The number of unbranched alkanes of at least 4 members (excludes halogenated alkanes) is 1. The Hall–Kier alpha value is -4.78. The van der Waals surface area contributed by atoms with E-state index in [0.29, 0.717) is 44.8 Å². The van der Waals surface area contributed by atoms with Crippen molar-refractivity contribution >= 4 is 34.1 Å². The van der Waals surface area contributed by atoms with E-state index in [1.165, 1.54) is 21.4 Å². The normalized spacial score (nSPS) is 17.0. The van der Waals surface area contributed by atoms with Gasteiger partial charge in [0.25, 0.3) is 5.56 Å². The second-order valence-corrected chi connectivity index (χ2v) is 12.7. The third-order valence-electron chi connectivity index (χ3n) is 9.27. The minimum Gasteiger partial charge on any atom is -0.477 e. The molecule has 2 aliphatic rings. The lowest BCUT2D eigenvalue weighted by Gasteiger charge is -2.41. The Kier molecular flexibility index (Phi) is 8.75. The summed E-state index contributed by atoms with van der Waals surface area (Å²) < 4.78 is 34.3. The summed E-state index contributed by atoms with van der Waals surface area (Å²) in [5, 5.41) is 12.3. The van der Waals surface area contributed by atoms with Gasteiger partial charge in [-0.05, 0) is 82.3 Å². The summed E-state index contributed by atoms with van der Waals surface area (Å²) in [7, 11) is 0. The van der Waals surface area contributed by atoms with Crippen molar-refractivity contribution in [3.05, 3.63) is 95.9 Å². The second-order valence-electron chi connectivity index (χ2n) is 12.7. The monoisotopic (exact) mass is 648 g/mol. The highest BCUT2D eigenvalue weighted by Gasteiger charge is 2.33. The quantitative estimate of drug-likeness (QED) is 0.214. The molecule has 1 saturated carbocycles. The van der Waals surface area contributed by atoms with Crippen LogP contribution >= 0.6 is 0 Å². The number of aryl methyl sites for hydroxylation is 2. The number of carboxylic acids is 1. The number of H-pyrrole nitrogens is 1. The van der Waals surface area contributed by atoms with Crippen LogP contribution in [0.2, 0.25) is 0 Å². The Morgan fingerprint density at radius 2 is 1.77 bits per heavy atom. The molecule has 11 nitrogen and oxygen atoms in total. The van der Waals surface area contributed by atoms with Gasteiger partial charge in [0.15, 0.2) is 5.82 Å². The molecule has 2 aromatic heterocycles. The van der Waals surface area contributed by atoms with Gasteiger partial charge in [-0.2, -0.15) is 0 Å². The van der Waals surface area contributed by atoms with Crippen molar-refractivity contribution in [2.24, 2.45) is 0 Å². The number of pyridine rings is 1. The highest BCUT2D eigenvalue weighted by molar-refractivity contribution is 5.94. The summed E-state index contributed by atoms with van der Waals surface area (Å²) in [4.78, 5) is 56.5. The number of nitrogens with one attached hydrogen (secondary N) is 2. The van der Waals surface area contributed by atoms with Crippen molar-refractivity contribution in [1.82, 2.24) is 19.0 Å². The molecule has 1 aliphatic carbocycles. The van der Waals surface area contributed by atoms with E-state index < -0.39 is 39.8 Å². The van der Waals surface area contributed by atoms with Crippen LogP contribution in [0.15, 0.2) is 50.9 Å². The van der Waals surface area contributed by atoms with Gasteiger partial charge in [-0.25, -0.2) is 18.4 Å². The Morgan fingerprint density at radius 3 is 2.43 bits per heavy atom. The number of hydrogen-bond donors (Lipinski definition) is 3. The molecular weight excluding hydrogens is 610 g/mol. The van der Waals surface area contributed by atoms with E-state index in [1.807, 2.05) is 39.0 Å². The Bertz CT molecular complexity index is 2020. The first-order chi connectivity index (χ1) is 22.4. The van der Waals surface area contributed by atoms with Crippen LogP contribution in [0.4, 0.5) is 26.0 Å². The SMILES string of the molecule is Cc1ccc(Nc2cc(=O)n(CCCCN3CCN(c4c(F)cc5c(=O)c(C(=O)O)cn(C6CC6)c5c4F)C(C)C3)c(=O)[nH]2)cc1C. The summed E-state index contributed by atoms with van der Waals surface area (Å²) in [6.45, 7) is 8.22. The molecule has 2 fully saturated rings. The fourth-order valence-corrected chi connectivity index (χ4v) is 6.44. The maximum atomic E-state index is 16.1. The van der Waals surface area contributed by atoms with E-state index in [0.717, 1.165) is 35.7 Å². The number of halogens is 2. The molecule has 3 N–H and O–H groups in total. The molecule has 1 aliphatic heterocycles. The molecule has 1 atom stereocenters. The number of rotatable bonds is 10. The number of carbonyl (C=O) groups is 1. The van der Waals surface area contributed by atoms with Gasteiger partial charge in [0.05, 0.1) is 10.9 Å². The van der Waals surface area contributed by atoms with E-state index in [2.05, 4.69) is 15.2 Å². The standard InChI is InChI=1S/C34H38F2N6O5/c1-19-6-7-22(14-20(19)2)37-27-16-28(43)41(34(47)38-27)11-5-4-10-39-12-13-40(21(3)17-39)31-26(35)15-24-30(29(31)36)42(23-8-9-23)18-25(32(24)44)33(45)46/h6-7,14-16,18,21,23,37H,4-5,8-13,17H2,1-3H3,(H,38,47)(H,45,46). The largest absolute Gasteiger partial charge is 0.477 e. The number of anilines is 3. The lowest BCUT2D eigenvalue weighted by molar-refractivity contribution is 0.0694. The maximum Gasteiger partial charge on any atom is 0.341 e. The lowest BCUT2D eigenvalue weighted by Crippen LogP contribution is -2.52. The molecule has 47 heavy (non-hydrogen) atoms. The van der Waals surface area contributed by atoms with Crippen LogP contribution in [-0.2, 0) is 6.54 Å². The zero-order valence-corrected chi connectivity index (χ0v) is 26.6. The van der Waals surface area contributed by atoms with Crippen LogP contribution in [0.3, 0.4) is 0 Å². The van der Waals surface area contributed by atoms with Crippen molar-refractivity contribution in [1.29, 1.82) is 0 Å². The van der Waals surface area contributed by atoms with Crippen LogP contribution < -0.4 is 26.9 Å². The minimum absolute atomic E-state index is 0.0622. The third kappa shape index (κ3) is 6.44. The molecule has 0 bridgehead atoms. The van der Waals surface area contributed by atoms with Crippen LogP contribution in [-0.4, -0.2) is 62.3 Å². The van der Waals surface area contributed by atoms with Gasteiger partial charge in [-0.3, -0.25) is 24.0 Å². The third-order valence-corrected chi connectivity index (χ3v) is 9.27. The van der Waals surface area contributed by atoms with E-state index in [-0.39, 0.29) is 35.2 Å². The average Bonchev–Trinajstić information content (AvgIpc) is 3.85. The van der Waals surface area contributed by atoms with Crippen molar-refractivity contribution in [2.75, 3.05) is 36.4 Å². The van der Waals surface area contributed by atoms with Gasteiger partial charge in [0.1, 0.15) is 22.9 Å². The van der Waals surface area contributed by atoms with Crippen LogP contribution in [0.1, 0.15) is 60.1 Å². The summed E-state index contributed by atoms with van der Waals surface area (Å²) in [6.07, 6.45) is 3.91. The van der Waals surface area contributed by atoms with Gasteiger partial charge in [0, 0.05) is 56.2 Å². The Morgan fingerprint density at radius 1 is 1.02 bits per heavy atom. The number of carboxylic acid groups (broad SMARTS) is 1. The van der Waals surface area contributed by atoms with Crippen molar-refractivity contribution in [2.45, 2.75) is 65.1 Å². The Balaban J connectivity index is 1.09. The first-order valence-electron chi connectivity index (χ1n) is 15.9. The molecule has 0 spiro atoms. The number of aromatic carboxylic acids is 1. The highest BCUT2D eigenvalue weighted by Crippen LogP contribution is 2.40. The molecule has 0 amide bonds. The summed E-state index contributed by atoms with van der Waals surface area (Å²) >= 11 is 0. The summed E-state index contributed by atoms with van der Waals surface area (Å²) in [5.74, 6) is -2.86. The molecular formula is C34H38F2N6O5. The smallest absolute Gasteiger partial charge is 0.341 e. The number of nitrogens with zero attached hydrogens (tertiary/aromatic N) is 4. The minimum atomic E-state index is -1.43. The predicted molar refractivity (Wildman–Crippen MR) is 176 cm³/mol. The first-order valence-corrected chi connectivity index (χ1v) is 15.9. The zero-order chi connectivity index (χ0) is 33.6. The van der Waals surface area contributed by atoms with Crippen LogP contribution in [0.5, 0.6) is 0 Å². The molecule has 13 heteroatoms. The molecule has 4 aromatic rings. The van der Waals surface area contributed by atoms with Crippen molar-refractivity contribution in [3.8, 4) is 0 Å². The molecule has 2 aromatic carbocycles. The topological polar surface area (TPSA) is 133 Å². The van der Waals surface area contributed by atoms with E-state index in [9.17, 15) is 24.3 Å². The fourth-order valence-electron chi connectivity index (χ4n) is 6.44. The summed E-state index contributed by atoms with van der Waals surface area (Å²) in [5.41, 5.74) is 0.439. The highest BCUT2D eigenvalue weighted by atomic mass is 19.1. The van der Waals surface area contributed by atoms with E-state index >= 15 is 8.78 Å². The number of aromatic nitrogens is 3. The number of hydrogen-bond acceptors (Lipinski definition) is 7. The van der Waals surface area contributed by atoms with Gasteiger partial charge >= 0.3 is 11.7 Å². The second kappa shape index (κ2) is 12.8. The zero-order valence-electron chi connectivity index (χ0n) is 26.6.